The van der Waals surface area contributed by atoms with Crippen LogP contribution < -0.4 is 0 Å². The second kappa shape index (κ2) is 9.70. The molecule has 32 heavy (non-hydrogen) atoms. The number of alkyl halides is 3. The quantitative estimate of drug-likeness (QED) is 0.606. The van der Waals surface area contributed by atoms with Gasteiger partial charge in [0.05, 0.1) is 16.9 Å². The molecule has 1 aliphatic rings. The molecular formula is C21H21F3N2O5S. The molecule has 172 valence electrons. The monoisotopic (exact) mass is 470 g/mol. The molecule has 0 radical (unpaired) electrons. The first-order valence-corrected chi connectivity index (χ1v) is 11.3. The van der Waals surface area contributed by atoms with Crippen LogP contribution >= 0.6 is 0 Å². The molecule has 0 saturated carbocycles. The van der Waals surface area contributed by atoms with E-state index in [1.807, 2.05) is 0 Å². The van der Waals surface area contributed by atoms with Crippen molar-refractivity contribution in [1.29, 1.82) is 0 Å². The van der Waals surface area contributed by atoms with Crippen LogP contribution in [0, 0.1) is 0 Å². The Morgan fingerprint density at radius 1 is 0.906 bits per heavy atom. The maximum absolute atomic E-state index is 12.6. The summed E-state index contributed by atoms with van der Waals surface area (Å²) in [4.78, 5) is 25.7. The van der Waals surface area contributed by atoms with Gasteiger partial charge in [-0.25, -0.2) is 13.2 Å². The summed E-state index contributed by atoms with van der Waals surface area (Å²) in [6, 6.07) is 12.2. The maximum Gasteiger partial charge on any atom is 0.416 e. The van der Waals surface area contributed by atoms with Crippen molar-refractivity contribution in [3.05, 3.63) is 71.3 Å². The number of esters is 1. The summed E-state index contributed by atoms with van der Waals surface area (Å²) in [6.07, 6.45) is -4.52. The van der Waals surface area contributed by atoms with Gasteiger partial charge in [0.25, 0.3) is 5.91 Å². The van der Waals surface area contributed by atoms with Crippen molar-refractivity contribution in [2.24, 2.45) is 0 Å². The number of sulfonamides is 1. The highest BCUT2D eigenvalue weighted by Crippen LogP contribution is 2.29. The molecule has 1 amide bonds. The Labute approximate surface area is 183 Å². The summed E-state index contributed by atoms with van der Waals surface area (Å²) in [5.41, 5.74) is -0.339. The summed E-state index contributed by atoms with van der Waals surface area (Å²) < 4.78 is 69.1. The number of rotatable bonds is 6. The van der Waals surface area contributed by atoms with Crippen LogP contribution in [0.5, 0.6) is 0 Å². The second-order valence-electron chi connectivity index (χ2n) is 7.17. The number of amides is 1. The largest absolute Gasteiger partial charge is 0.452 e. The van der Waals surface area contributed by atoms with Crippen molar-refractivity contribution < 1.29 is 35.9 Å². The molecule has 2 aromatic carbocycles. The number of piperazine rings is 1. The molecule has 11 heteroatoms. The fourth-order valence-electron chi connectivity index (χ4n) is 3.19. The molecule has 1 saturated heterocycles. The zero-order valence-electron chi connectivity index (χ0n) is 16.9. The maximum atomic E-state index is 12.6. The lowest BCUT2D eigenvalue weighted by Crippen LogP contribution is -2.51. The molecule has 3 rings (SSSR count). The number of ether oxygens (including phenoxy) is 1. The van der Waals surface area contributed by atoms with E-state index in [9.17, 15) is 31.2 Å². The summed E-state index contributed by atoms with van der Waals surface area (Å²) >= 11 is 0. The average molecular weight is 470 g/mol. The topological polar surface area (TPSA) is 84.0 Å². The van der Waals surface area contributed by atoms with Crippen molar-refractivity contribution in [1.82, 2.24) is 9.21 Å². The van der Waals surface area contributed by atoms with Crippen LogP contribution in [0.15, 0.2) is 54.6 Å². The molecule has 0 aromatic heterocycles. The molecule has 0 unspecified atom stereocenters. The minimum Gasteiger partial charge on any atom is -0.452 e. The summed E-state index contributed by atoms with van der Waals surface area (Å²) in [6.45, 7) is -0.0620. The van der Waals surface area contributed by atoms with Crippen molar-refractivity contribution in [2.75, 3.05) is 32.8 Å². The molecule has 0 atom stereocenters. The number of hydrogen-bond donors (Lipinski definition) is 0. The van der Waals surface area contributed by atoms with Gasteiger partial charge >= 0.3 is 12.1 Å². The van der Waals surface area contributed by atoms with Crippen LogP contribution in [0.4, 0.5) is 13.2 Å². The fourth-order valence-corrected chi connectivity index (χ4v) is 4.70. The van der Waals surface area contributed by atoms with Crippen LogP contribution in [0.25, 0.3) is 0 Å². The van der Waals surface area contributed by atoms with Gasteiger partial charge in [-0.2, -0.15) is 17.5 Å². The predicted molar refractivity (Wildman–Crippen MR) is 109 cm³/mol. The third kappa shape index (κ3) is 6.07. The molecule has 1 fully saturated rings. The standard InChI is InChI=1S/C21H21F3N2O5S/c22-21(23,24)18-8-6-17(7-9-18)20(28)31-14-19(27)25-10-12-26(13-11-25)32(29,30)15-16-4-2-1-3-5-16/h1-9H,10-15H2. The zero-order chi connectivity index (χ0) is 23.4. The lowest BCUT2D eigenvalue weighted by Gasteiger charge is -2.33. The number of benzene rings is 2. The van der Waals surface area contributed by atoms with E-state index in [1.54, 1.807) is 30.3 Å². The van der Waals surface area contributed by atoms with E-state index < -0.39 is 40.2 Å². The molecule has 0 spiro atoms. The number of carbonyl (C=O) groups excluding carboxylic acids is 2. The van der Waals surface area contributed by atoms with Crippen LogP contribution in [0.1, 0.15) is 21.5 Å². The third-order valence-electron chi connectivity index (χ3n) is 4.95. The van der Waals surface area contributed by atoms with Gasteiger partial charge in [0.2, 0.25) is 10.0 Å². The van der Waals surface area contributed by atoms with E-state index >= 15 is 0 Å². The Morgan fingerprint density at radius 2 is 1.50 bits per heavy atom. The first kappa shape index (κ1) is 23.7. The smallest absolute Gasteiger partial charge is 0.416 e. The van der Waals surface area contributed by atoms with Crippen LogP contribution in [0.3, 0.4) is 0 Å². The highest BCUT2D eigenvalue weighted by Gasteiger charge is 2.31. The van der Waals surface area contributed by atoms with Gasteiger partial charge in [-0.3, -0.25) is 4.79 Å². The van der Waals surface area contributed by atoms with Crippen LogP contribution in [-0.2, 0) is 31.5 Å². The minimum atomic E-state index is -4.52. The molecule has 0 aliphatic carbocycles. The Bertz CT molecular complexity index is 1050. The lowest BCUT2D eigenvalue weighted by atomic mass is 10.1. The Hall–Kier alpha value is -2.92. The first-order chi connectivity index (χ1) is 15.1. The SMILES string of the molecule is O=C(OCC(=O)N1CCN(S(=O)(=O)Cc2ccccc2)CC1)c1ccc(C(F)(F)F)cc1. The number of hydrogen-bond acceptors (Lipinski definition) is 5. The van der Waals surface area contributed by atoms with E-state index in [4.69, 9.17) is 4.74 Å². The van der Waals surface area contributed by atoms with Crippen molar-refractivity contribution in [3.8, 4) is 0 Å². The summed E-state index contributed by atoms with van der Waals surface area (Å²) in [5, 5.41) is 0. The molecule has 2 aromatic rings. The van der Waals surface area contributed by atoms with Gasteiger partial charge in [0.1, 0.15) is 0 Å². The van der Waals surface area contributed by atoms with Crippen molar-refractivity contribution in [3.63, 3.8) is 0 Å². The van der Waals surface area contributed by atoms with E-state index in [1.165, 1.54) is 9.21 Å². The van der Waals surface area contributed by atoms with Crippen molar-refractivity contribution in [2.45, 2.75) is 11.9 Å². The highest BCUT2D eigenvalue weighted by atomic mass is 32.2. The van der Waals surface area contributed by atoms with Gasteiger partial charge in [-0.1, -0.05) is 30.3 Å². The Balaban J connectivity index is 1.47. The first-order valence-electron chi connectivity index (χ1n) is 9.70. The molecule has 0 bridgehead atoms. The zero-order valence-corrected chi connectivity index (χ0v) is 17.7. The Morgan fingerprint density at radius 3 is 2.06 bits per heavy atom. The van der Waals surface area contributed by atoms with Crippen LogP contribution in [-0.4, -0.2) is 62.3 Å². The minimum absolute atomic E-state index is 0.109. The molecule has 7 nitrogen and oxygen atoms in total. The lowest BCUT2D eigenvalue weighted by molar-refractivity contribution is -0.137. The fraction of sp³-hybridized carbons (Fsp3) is 0.333. The molecular weight excluding hydrogens is 449 g/mol. The normalized spacial score (nSPS) is 15.4. The van der Waals surface area contributed by atoms with Crippen molar-refractivity contribution >= 4 is 21.9 Å². The summed E-state index contributed by atoms with van der Waals surface area (Å²) in [5.74, 6) is -1.56. The van der Waals surface area contributed by atoms with E-state index in [2.05, 4.69) is 0 Å². The predicted octanol–water partition coefficient (Wildman–Crippen LogP) is 2.54. The highest BCUT2D eigenvalue weighted by molar-refractivity contribution is 7.88. The number of halogens is 3. The van der Waals surface area contributed by atoms with Gasteiger partial charge in [0.15, 0.2) is 6.61 Å². The number of carbonyl (C=O) groups is 2. The van der Waals surface area contributed by atoms with E-state index in [0.29, 0.717) is 5.56 Å². The molecule has 0 N–H and O–H groups in total. The van der Waals surface area contributed by atoms with Gasteiger partial charge in [-0.05, 0) is 29.8 Å². The molecule has 1 heterocycles. The molecule has 1 aliphatic heterocycles. The van der Waals surface area contributed by atoms with E-state index in [-0.39, 0.29) is 37.5 Å². The number of nitrogens with zero attached hydrogens (tertiary/aromatic N) is 2. The second-order valence-corrected chi connectivity index (χ2v) is 9.14. The van der Waals surface area contributed by atoms with Gasteiger partial charge in [0, 0.05) is 26.2 Å². The van der Waals surface area contributed by atoms with Gasteiger partial charge < -0.3 is 9.64 Å². The van der Waals surface area contributed by atoms with E-state index in [0.717, 1.165) is 24.3 Å². The van der Waals surface area contributed by atoms with Crippen LogP contribution in [0.2, 0.25) is 0 Å². The third-order valence-corrected chi connectivity index (χ3v) is 6.80. The van der Waals surface area contributed by atoms with Gasteiger partial charge in [-0.15, -0.1) is 0 Å². The summed E-state index contributed by atoms with van der Waals surface area (Å²) in [7, 11) is -3.53. The average Bonchev–Trinajstić information content (AvgIpc) is 2.77. The Kier molecular flexibility index (Phi) is 7.19.